The maximum Gasteiger partial charge on any atom is 0.341 e. The molecular weight excluding hydrogens is 199 g/mol. The van der Waals surface area contributed by atoms with E-state index in [9.17, 15) is 9.18 Å². The van der Waals surface area contributed by atoms with Crippen LogP contribution in [0.2, 0.25) is 0 Å². The van der Waals surface area contributed by atoms with Gasteiger partial charge in [-0.05, 0) is 13.8 Å². The van der Waals surface area contributed by atoms with E-state index in [0.717, 1.165) is 6.20 Å². The zero-order valence-corrected chi connectivity index (χ0v) is 8.87. The lowest BCUT2D eigenvalue weighted by atomic mass is 10.2. The maximum absolute atomic E-state index is 12.9. The molecule has 1 aromatic heterocycles. The summed E-state index contributed by atoms with van der Waals surface area (Å²) < 4.78 is 17.4. The van der Waals surface area contributed by atoms with Crippen LogP contribution in [-0.4, -0.2) is 24.1 Å². The lowest BCUT2D eigenvalue weighted by Crippen LogP contribution is -2.15. The number of ether oxygens (including phenoxy) is 1. The molecule has 0 aliphatic carbocycles. The molecule has 0 spiro atoms. The van der Waals surface area contributed by atoms with Gasteiger partial charge in [-0.1, -0.05) is 0 Å². The first-order valence-electron chi connectivity index (χ1n) is 4.55. The third-order valence-electron chi connectivity index (χ3n) is 1.72. The van der Waals surface area contributed by atoms with Crippen LogP contribution in [0.3, 0.4) is 0 Å². The van der Waals surface area contributed by atoms with Gasteiger partial charge in [0.25, 0.3) is 0 Å². The van der Waals surface area contributed by atoms with Crippen LogP contribution in [0.25, 0.3) is 0 Å². The molecular formula is C10H13FN2O2. The zero-order chi connectivity index (χ0) is 11.4. The van der Waals surface area contributed by atoms with E-state index in [1.807, 2.05) is 13.8 Å². The van der Waals surface area contributed by atoms with Gasteiger partial charge in [-0.3, -0.25) is 0 Å². The number of methoxy groups -OCH3 is 1. The largest absolute Gasteiger partial charge is 0.465 e. The normalized spacial score (nSPS) is 10.2. The van der Waals surface area contributed by atoms with Gasteiger partial charge in [-0.25, -0.2) is 9.78 Å². The average Bonchev–Trinajstić information content (AvgIpc) is 2.16. The van der Waals surface area contributed by atoms with E-state index in [4.69, 9.17) is 0 Å². The molecule has 0 aliphatic rings. The zero-order valence-electron chi connectivity index (χ0n) is 8.87. The second kappa shape index (κ2) is 4.72. The molecule has 0 atom stereocenters. The quantitative estimate of drug-likeness (QED) is 0.613. The van der Waals surface area contributed by atoms with Crippen molar-refractivity contribution in [3.63, 3.8) is 0 Å². The summed E-state index contributed by atoms with van der Waals surface area (Å²) in [6.07, 6.45) is 1.16. The first-order valence-corrected chi connectivity index (χ1v) is 4.55. The molecule has 1 rings (SSSR count). The van der Waals surface area contributed by atoms with Gasteiger partial charge in [-0.2, -0.15) is 4.39 Å². The number of halogens is 1. The highest BCUT2D eigenvalue weighted by Gasteiger charge is 2.13. The Kier molecular flexibility index (Phi) is 3.60. The van der Waals surface area contributed by atoms with Crippen molar-refractivity contribution in [2.24, 2.45) is 0 Å². The lowest BCUT2D eigenvalue weighted by molar-refractivity contribution is 0.0601. The summed E-state index contributed by atoms with van der Waals surface area (Å²) in [5, 5.41) is 2.95. The van der Waals surface area contributed by atoms with E-state index in [2.05, 4.69) is 15.0 Å². The molecule has 4 nitrogen and oxygen atoms in total. The lowest BCUT2D eigenvalue weighted by Gasteiger charge is -2.12. The van der Waals surface area contributed by atoms with Gasteiger partial charge in [0.2, 0.25) is 5.95 Å². The van der Waals surface area contributed by atoms with Gasteiger partial charge in [0.15, 0.2) is 0 Å². The van der Waals surface area contributed by atoms with Crippen molar-refractivity contribution in [3.8, 4) is 0 Å². The van der Waals surface area contributed by atoms with Gasteiger partial charge in [0.05, 0.1) is 12.8 Å². The summed E-state index contributed by atoms with van der Waals surface area (Å²) in [4.78, 5) is 14.7. The number of pyridine rings is 1. The number of rotatable bonds is 3. The Morgan fingerprint density at radius 2 is 2.27 bits per heavy atom. The standard InChI is InChI=1S/C10H13FN2O2/c1-6(2)13-8-4-9(11)12-5-7(8)10(14)15-3/h4-6H,1-3H3,(H,12,13). The number of esters is 1. The second-order valence-corrected chi connectivity index (χ2v) is 3.34. The Morgan fingerprint density at radius 1 is 1.60 bits per heavy atom. The fourth-order valence-corrected chi connectivity index (χ4v) is 1.13. The summed E-state index contributed by atoms with van der Waals surface area (Å²) in [5.74, 6) is -1.17. The average molecular weight is 212 g/mol. The van der Waals surface area contributed by atoms with Gasteiger partial charge in [-0.15, -0.1) is 0 Å². The minimum atomic E-state index is -0.634. The molecule has 15 heavy (non-hydrogen) atoms. The van der Waals surface area contributed by atoms with Crippen molar-refractivity contribution >= 4 is 11.7 Å². The first-order chi connectivity index (χ1) is 7.04. The minimum Gasteiger partial charge on any atom is -0.465 e. The van der Waals surface area contributed by atoms with Crippen molar-refractivity contribution in [2.45, 2.75) is 19.9 Å². The SMILES string of the molecule is COC(=O)c1cnc(F)cc1NC(C)C. The topological polar surface area (TPSA) is 51.2 Å². The Labute approximate surface area is 87.5 Å². The summed E-state index contributed by atoms with van der Waals surface area (Å²) in [6, 6.07) is 1.27. The monoisotopic (exact) mass is 212 g/mol. The minimum absolute atomic E-state index is 0.0928. The van der Waals surface area contributed by atoms with E-state index in [1.54, 1.807) is 0 Å². The van der Waals surface area contributed by atoms with Crippen molar-refractivity contribution < 1.29 is 13.9 Å². The van der Waals surface area contributed by atoms with Crippen LogP contribution in [0.1, 0.15) is 24.2 Å². The number of hydrogen-bond acceptors (Lipinski definition) is 4. The third kappa shape index (κ3) is 2.90. The maximum atomic E-state index is 12.9. The van der Waals surface area contributed by atoms with E-state index >= 15 is 0 Å². The van der Waals surface area contributed by atoms with Crippen LogP contribution in [-0.2, 0) is 4.74 Å². The summed E-state index contributed by atoms with van der Waals surface area (Å²) >= 11 is 0. The molecule has 1 heterocycles. The molecule has 5 heteroatoms. The first kappa shape index (κ1) is 11.4. The highest BCUT2D eigenvalue weighted by molar-refractivity contribution is 5.95. The Bertz CT molecular complexity index is 366. The molecule has 0 radical (unpaired) electrons. The number of hydrogen-bond donors (Lipinski definition) is 1. The van der Waals surface area contributed by atoms with Crippen molar-refractivity contribution in [3.05, 3.63) is 23.8 Å². The van der Waals surface area contributed by atoms with Crippen molar-refractivity contribution in [1.82, 2.24) is 4.98 Å². The van der Waals surface area contributed by atoms with Crippen LogP contribution in [0.15, 0.2) is 12.3 Å². The number of aromatic nitrogens is 1. The molecule has 0 saturated carbocycles. The van der Waals surface area contributed by atoms with Crippen LogP contribution in [0.5, 0.6) is 0 Å². The fraction of sp³-hybridized carbons (Fsp3) is 0.400. The number of nitrogens with zero attached hydrogens (tertiary/aromatic N) is 1. The van der Waals surface area contributed by atoms with Crippen LogP contribution >= 0.6 is 0 Å². The van der Waals surface area contributed by atoms with Gasteiger partial charge in [0.1, 0.15) is 5.56 Å². The van der Waals surface area contributed by atoms with Gasteiger partial charge < -0.3 is 10.1 Å². The highest BCUT2D eigenvalue weighted by atomic mass is 19.1. The molecule has 1 N–H and O–H groups in total. The molecule has 1 aromatic rings. The van der Waals surface area contributed by atoms with E-state index in [0.29, 0.717) is 5.69 Å². The van der Waals surface area contributed by atoms with Crippen molar-refractivity contribution in [2.75, 3.05) is 12.4 Å². The van der Waals surface area contributed by atoms with Crippen LogP contribution in [0.4, 0.5) is 10.1 Å². The smallest absolute Gasteiger partial charge is 0.341 e. The second-order valence-electron chi connectivity index (χ2n) is 3.34. The number of anilines is 1. The molecule has 0 unspecified atom stereocenters. The Hall–Kier alpha value is -1.65. The summed E-state index contributed by atoms with van der Waals surface area (Å²) in [5.41, 5.74) is 0.622. The highest BCUT2D eigenvalue weighted by Crippen LogP contribution is 2.17. The third-order valence-corrected chi connectivity index (χ3v) is 1.72. The molecule has 0 saturated heterocycles. The van der Waals surface area contributed by atoms with Gasteiger partial charge in [0, 0.05) is 18.3 Å². The molecule has 82 valence electrons. The molecule has 0 amide bonds. The Morgan fingerprint density at radius 3 is 2.80 bits per heavy atom. The number of nitrogens with one attached hydrogen (secondary N) is 1. The van der Waals surface area contributed by atoms with Crippen LogP contribution in [0, 0.1) is 5.95 Å². The number of carbonyl (C=O) groups excluding carboxylic acids is 1. The molecule has 0 bridgehead atoms. The van der Waals surface area contributed by atoms with Crippen LogP contribution < -0.4 is 5.32 Å². The Balaban J connectivity index is 3.08. The van der Waals surface area contributed by atoms with Crippen molar-refractivity contribution in [1.29, 1.82) is 0 Å². The molecule has 0 aliphatic heterocycles. The predicted molar refractivity (Wildman–Crippen MR) is 54.3 cm³/mol. The predicted octanol–water partition coefficient (Wildman–Crippen LogP) is 1.83. The van der Waals surface area contributed by atoms with E-state index in [1.165, 1.54) is 13.2 Å². The fourth-order valence-electron chi connectivity index (χ4n) is 1.13. The number of carbonyl (C=O) groups is 1. The summed E-state index contributed by atoms with van der Waals surface area (Å²) in [6.45, 7) is 3.78. The van der Waals surface area contributed by atoms with E-state index in [-0.39, 0.29) is 11.6 Å². The molecule has 0 fully saturated rings. The summed E-state index contributed by atoms with van der Waals surface area (Å²) in [7, 11) is 1.27. The van der Waals surface area contributed by atoms with Gasteiger partial charge >= 0.3 is 5.97 Å². The van der Waals surface area contributed by atoms with E-state index < -0.39 is 11.9 Å². The molecule has 0 aromatic carbocycles.